The minimum absolute atomic E-state index is 0. The Hall–Kier alpha value is -1.85. The first-order valence-electron chi connectivity index (χ1n) is 11.5. The fourth-order valence-corrected chi connectivity index (χ4v) is 5.78. The Balaban J connectivity index is 0.000000267. The topological polar surface area (TPSA) is 49.4 Å². The Kier molecular flexibility index (Phi) is 16.5. The molecule has 0 unspecified atom stereocenters. The molecule has 0 saturated carbocycles. The van der Waals surface area contributed by atoms with Gasteiger partial charge in [0.1, 0.15) is 0 Å². The van der Waals surface area contributed by atoms with Crippen molar-refractivity contribution in [3.8, 4) is 0 Å². The Morgan fingerprint density at radius 3 is 1.33 bits per heavy atom. The summed E-state index contributed by atoms with van der Waals surface area (Å²) in [5.74, 6) is 1.66. The van der Waals surface area contributed by atoms with Crippen LogP contribution in [0.1, 0.15) is 36.1 Å². The molecule has 4 aromatic rings. The molecule has 0 N–H and O–H groups in total. The van der Waals surface area contributed by atoms with Crippen molar-refractivity contribution in [3.05, 3.63) is 117 Å². The van der Waals surface area contributed by atoms with Crippen LogP contribution in [0.2, 0.25) is 0 Å². The van der Waals surface area contributed by atoms with Crippen molar-refractivity contribution in [1.82, 2.24) is 0 Å². The van der Waals surface area contributed by atoms with Crippen LogP contribution in [0, 0.1) is 0 Å². The second-order valence-electron chi connectivity index (χ2n) is 7.68. The predicted octanol–water partition coefficient (Wildman–Crippen LogP) is 8.61. The third-order valence-electron chi connectivity index (χ3n) is 4.85. The summed E-state index contributed by atoms with van der Waals surface area (Å²) >= 11 is 16.7. The van der Waals surface area contributed by atoms with Gasteiger partial charge in [-0.05, 0) is 67.4 Å². The Labute approximate surface area is 268 Å². The van der Waals surface area contributed by atoms with Crippen LogP contribution < -0.4 is 0 Å². The third-order valence-corrected chi connectivity index (χ3v) is 8.70. The number of nitrogens with zero attached hydrogens (tertiary/aromatic N) is 4. The van der Waals surface area contributed by atoms with Crippen LogP contribution in [-0.2, 0) is 53.3 Å². The molecule has 0 spiro atoms. The summed E-state index contributed by atoms with van der Waals surface area (Å²) in [6.07, 6.45) is 0. The SMILES string of the molecule is C/C(=N\N=C(/[S-])SCc1ccccc1)c1ccsc1.C/C(=N\N=C(/[S-])SCc1ccccc1)c1ccsc1.[Ni+2]. The third kappa shape index (κ3) is 13.4. The molecule has 0 amide bonds. The summed E-state index contributed by atoms with van der Waals surface area (Å²) in [7, 11) is 0. The first kappa shape index (κ1) is 33.4. The van der Waals surface area contributed by atoms with E-state index in [0.29, 0.717) is 8.75 Å². The zero-order valence-corrected chi connectivity index (χ0v) is 27.1. The molecule has 0 aliphatic heterocycles. The van der Waals surface area contributed by atoms with E-state index in [9.17, 15) is 0 Å². The van der Waals surface area contributed by atoms with Crippen LogP contribution in [-0.4, -0.2) is 20.2 Å². The molecule has 0 radical (unpaired) electrons. The molecule has 2 aromatic carbocycles. The van der Waals surface area contributed by atoms with Gasteiger partial charge in [0.05, 0.1) is 11.4 Å². The van der Waals surface area contributed by atoms with Gasteiger partial charge in [-0.15, -0.1) is 23.5 Å². The summed E-state index contributed by atoms with van der Waals surface area (Å²) in [5.41, 5.74) is 6.47. The smallest absolute Gasteiger partial charge is 0.752 e. The van der Waals surface area contributed by atoms with Gasteiger partial charge in [-0.3, -0.25) is 0 Å². The second-order valence-corrected chi connectivity index (χ2v) is 12.5. The van der Waals surface area contributed by atoms with Crippen LogP contribution in [0.25, 0.3) is 0 Å². The first-order valence-corrected chi connectivity index (χ1v) is 16.2. The zero-order valence-electron chi connectivity index (χ0n) is 21.2. The molecule has 11 heteroatoms. The minimum atomic E-state index is 0. The van der Waals surface area contributed by atoms with Crippen molar-refractivity contribution in [2.75, 3.05) is 0 Å². The number of thioether (sulfide) groups is 2. The van der Waals surface area contributed by atoms with Crippen LogP contribution in [0.15, 0.2) is 115 Å². The molecule has 4 rings (SSSR count). The van der Waals surface area contributed by atoms with Crippen molar-refractivity contribution >= 4 is 91.6 Å². The average Bonchev–Trinajstić information content (AvgIpc) is 3.69. The number of thiophene rings is 2. The van der Waals surface area contributed by atoms with E-state index in [4.69, 9.17) is 25.3 Å². The molecule has 4 nitrogen and oxygen atoms in total. The summed E-state index contributed by atoms with van der Waals surface area (Å²) in [4.78, 5) is 0. The number of hydrogen-bond donors (Lipinski definition) is 0. The fraction of sp³-hybridized carbons (Fsp3) is 0.143. The van der Waals surface area contributed by atoms with Gasteiger partial charge in [-0.2, -0.15) is 43.1 Å². The van der Waals surface area contributed by atoms with Gasteiger partial charge in [-0.1, -0.05) is 60.7 Å². The maximum Gasteiger partial charge on any atom is 2.00 e. The monoisotopic (exact) mass is 668 g/mol. The van der Waals surface area contributed by atoms with Crippen molar-refractivity contribution in [2.45, 2.75) is 25.4 Å². The summed E-state index contributed by atoms with van der Waals surface area (Å²) in [6.45, 7) is 3.88. The second kappa shape index (κ2) is 19.3. The van der Waals surface area contributed by atoms with Gasteiger partial charge < -0.3 is 25.3 Å². The van der Waals surface area contributed by atoms with Crippen molar-refractivity contribution in [1.29, 1.82) is 0 Å². The van der Waals surface area contributed by atoms with Crippen LogP contribution in [0.4, 0.5) is 0 Å². The van der Waals surface area contributed by atoms with E-state index < -0.39 is 0 Å². The molecule has 0 bridgehead atoms. The number of hydrogen-bond acceptors (Lipinski definition) is 10. The van der Waals surface area contributed by atoms with Crippen molar-refractivity contribution < 1.29 is 16.5 Å². The van der Waals surface area contributed by atoms with Gasteiger partial charge in [0.25, 0.3) is 0 Å². The maximum atomic E-state index is 5.19. The van der Waals surface area contributed by atoms with E-state index in [1.54, 1.807) is 22.7 Å². The minimum Gasteiger partial charge on any atom is -0.752 e. The zero-order chi connectivity index (χ0) is 27.0. The van der Waals surface area contributed by atoms with Gasteiger partial charge in [0.15, 0.2) is 0 Å². The van der Waals surface area contributed by atoms with E-state index in [-0.39, 0.29) is 16.5 Å². The average molecular weight is 670 g/mol. The van der Waals surface area contributed by atoms with Gasteiger partial charge >= 0.3 is 16.5 Å². The predicted molar refractivity (Wildman–Crippen MR) is 178 cm³/mol. The summed E-state index contributed by atoms with van der Waals surface area (Å²) < 4.78 is 1.14. The van der Waals surface area contributed by atoms with Crippen molar-refractivity contribution in [3.63, 3.8) is 0 Å². The molecular formula is C28H26N4NiS6. The van der Waals surface area contributed by atoms with E-state index in [0.717, 1.165) is 34.1 Å². The Bertz CT molecular complexity index is 1230. The molecular weight excluding hydrogens is 643 g/mol. The summed E-state index contributed by atoms with van der Waals surface area (Å²) in [5, 5.41) is 24.6. The molecule has 2 aromatic heterocycles. The molecule has 0 saturated heterocycles. The van der Waals surface area contributed by atoms with Crippen LogP contribution in [0.3, 0.4) is 0 Å². The summed E-state index contributed by atoms with van der Waals surface area (Å²) in [6, 6.07) is 24.5. The van der Waals surface area contributed by atoms with Crippen LogP contribution >= 0.6 is 46.2 Å². The van der Waals surface area contributed by atoms with E-state index in [1.807, 2.05) is 73.1 Å². The van der Waals surface area contributed by atoms with E-state index >= 15 is 0 Å². The maximum absolute atomic E-state index is 5.19. The molecule has 2 heterocycles. The van der Waals surface area contributed by atoms with Gasteiger partial charge in [-0.25, -0.2) is 0 Å². The quantitative estimate of drug-likeness (QED) is 0.0620. The van der Waals surface area contributed by atoms with Crippen molar-refractivity contribution in [2.24, 2.45) is 20.4 Å². The van der Waals surface area contributed by atoms with Gasteiger partial charge in [0.2, 0.25) is 0 Å². The Morgan fingerprint density at radius 2 is 1.00 bits per heavy atom. The molecule has 0 fully saturated rings. The molecule has 39 heavy (non-hydrogen) atoms. The number of rotatable bonds is 8. The normalized spacial score (nSPS) is 12.4. The molecule has 0 aliphatic rings. The molecule has 0 atom stereocenters. The molecule has 204 valence electrons. The fourth-order valence-electron chi connectivity index (χ4n) is 2.78. The Morgan fingerprint density at radius 1 is 0.615 bits per heavy atom. The number of benzene rings is 2. The standard InChI is InChI=1S/2C14H14N2S3.Ni/c2*1-11(13-7-8-18-10-13)15-16-14(17)19-9-12-5-3-2-4-6-12;/h2*2-8,10H,9H2,1H3,(H,16,17);/q;;+2/p-2/b2*15-11+;. The largest absolute Gasteiger partial charge is 2.00 e. The van der Waals surface area contributed by atoms with Crippen LogP contribution in [0.5, 0.6) is 0 Å². The first-order chi connectivity index (χ1) is 18.5. The van der Waals surface area contributed by atoms with Gasteiger partial charge in [0, 0.05) is 22.6 Å². The van der Waals surface area contributed by atoms with E-state index in [2.05, 4.69) is 55.4 Å². The molecule has 0 aliphatic carbocycles. The van der Waals surface area contributed by atoms with E-state index in [1.165, 1.54) is 34.7 Å².